The summed E-state index contributed by atoms with van der Waals surface area (Å²) >= 11 is 0. The van der Waals surface area contributed by atoms with Gasteiger partial charge in [-0.15, -0.1) is 0 Å². The predicted molar refractivity (Wildman–Crippen MR) is 69.4 cm³/mol. The molecule has 4 unspecified atom stereocenters. The molecule has 4 fully saturated rings. The summed E-state index contributed by atoms with van der Waals surface area (Å²) < 4.78 is 12.3. The van der Waals surface area contributed by atoms with Crippen LogP contribution in [0, 0.1) is 0 Å². The first kappa shape index (κ1) is 11.7. The van der Waals surface area contributed by atoms with Gasteiger partial charge in [-0.2, -0.15) is 0 Å². The highest BCUT2D eigenvalue weighted by atomic mass is 16.5. The minimum atomic E-state index is -0.0856. The van der Waals surface area contributed by atoms with Crippen LogP contribution >= 0.6 is 0 Å². The third kappa shape index (κ3) is 1.75. The largest absolute Gasteiger partial charge is 0.373 e. The SMILES string of the molecule is NC1(CC2CCC3(CCCC3)O2)CC2CCC1O2. The van der Waals surface area contributed by atoms with Gasteiger partial charge in [0.1, 0.15) is 0 Å². The highest BCUT2D eigenvalue weighted by Crippen LogP contribution is 2.48. The number of ether oxygens (including phenoxy) is 2. The van der Waals surface area contributed by atoms with E-state index in [0.717, 1.165) is 12.8 Å². The van der Waals surface area contributed by atoms with Crippen molar-refractivity contribution < 1.29 is 9.47 Å². The summed E-state index contributed by atoms with van der Waals surface area (Å²) in [6, 6.07) is 0. The lowest BCUT2D eigenvalue weighted by atomic mass is 9.78. The molecule has 0 aromatic carbocycles. The van der Waals surface area contributed by atoms with Crippen LogP contribution in [-0.2, 0) is 9.47 Å². The maximum absolute atomic E-state index is 6.61. The Hall–Kier alpha value is -0.120. The molecule has 3 saturated heterocycles. The van der Waals surface area contributed by atoms with E-state index in [1.807, 2.05) is 0 Å². The number of rotatable bonds is 2. The molecule has 4 aliphatic rings. The van der Waals surface area contributed by atoms with Crippen molar-refractivity contribution in [2.45, 2.75) is 93.7 Å². The van der Waals surface area contributed by atoms with Gasteiger partial charge in [0.2, 0.25) is 0 Å². The van der Waals surface area contributed by atoms with E-state index in [9.17, 15) is 0 Å². The Bertz CT molecular complexity index is 339. The first-order valence-corrected chi connectivity index (χ1v) is 7.80. The lowest BCUT2D eigenvalue weighted by Crippen LogP contribution is -2.51. The van der Waals surface area contributed by atoms with E-state index in [1.165, 1.54) is 51.4 Å². The molecule has 0 amide bonds. The van der Waals surface area contributed by atoms with Gasteiger partial charge in [-0.1, -0.05) is 12.8 Å². The smallest absolute Gasteiger partial charge is 0.0761 e. The molecule has 1 spiro atoms. The van der Waals surface area contributed by atoms with E-state index in [2.05, 4.69) is 0 Å². The Balaban J connectivity index is 1.41. The molecule has 0 aromatic rings. The summed E-state index contributed by atoms with van der Waals surface area (Å²) in [5.74, 6) is 0. The summed E-state index contributed by atoms with van der Waals surface area (Å²) in [5, 5.41) is 0. The lowest BCUT2D eigenvalue weighted by molar-refractivity contribution is -0.0504. The van der Waals surface area contributed by atoms with Crippen LogP contribution in [0.2, 0.25) is 0 Å². The Kier molecular flexibility index (Phi) is 2.56. The Morgan fingerprint density at radius 2 is 1.89 bits per heavy atom. The fourth-order valence-electron chi connectivity index (χ4n) is 4.90. The fourth-order valence-corrected chi connectivity index (χ4v) is 4.90. The lowest BCUT2D eigenvalue weighted by Gasteiger charge is -2.34. The summed E-state index contributed by atoms with van der Waals surface area (Å²) in [6.45, 7) is 0. The van der Waals surface area contributed by atoms with E-state index in [-0.39, 0.29) is 11.1 Å². The van der Waals surface area contributed by atoms with Gasteiger partial charge in [0.05, 0.1) is 23.9 Å². The molecule has 102 valence electrons. The molecule has 18 heavy (non-hydrogen) atoms. The molecular formula is C15H25NO2. The monoisotopic (exact) mass is 251 g/mol. The van der Waals surface area contributed by atoms with E-state index in [0.29, 0.717) is 18.3 Å². The molecule has 1 saturated carbocycles. The Morgan fingerprint density at radius 3 is 2.56 bits per heavy atom. The van der Waals surface area contributed by atoms with Gasteiger partial charge < -0.3 is 15.2 Å². The zero-order chi connectivity index (χ0) is 12.2. The van der Waals surface area contributed by atoms with E-state index >= 15 is 0 Å². The number of hydrogen-bond donors (Lipinski definition) is 1. The van der Waals surface area contributed by atoms with Gasteiger partial charge in [-0.25, -0.2) is 0 Å². The van der Waals surface area contributed by atoms with Crippen LogP contribution in [0.3, 0.4) is 0 Å². The molecule has 3 heteroatoms. The Morgan fingerprint density at radius 1 is 1.06 bits per heavy atom. The number of fused-ring (bicyclic) bond motifs is 2. The highest BCUT2D eigenvalue weighted by molar-refractivity contribution is 5.07. The molecular weight excluding hydrogens is 226 g/mol. The number of nitrogens with two attached hydrogens (primary N) is 1. The zero-order valence-corrected chi connectivity index (χ0v) is 11.2. The number of hydrogen-bond acceptors (Lipinski definition) is 3. The molecule has 3 aliphatic heterocycles. The van der Waals surface area contributed by atoms with Crippen molar-refractivity contribution in [2.24, 2.45) is 5.73 Å². The van der Waals surface area contributed by atoms with Crippen LogP contribution in [0.15, 0.2) is 0 Å². The van der Waals surface area contributed by atoms with Crippen LogP contribution < -0.4 is 5.73 Å². The molecule has 0 aromatic heterocycles. The molecule has 4 atom stereocenters. The summed E-state index contributed by atoms with van der Waals surface area (Å²) in [6.07, 6.45) is 13.4. The van der Waals surface area contributed by atoms with Crippen molar-refractivity contribution in [1.29, 1.82) is 0 Å². The predicted octanol–water partition coefficient (Wildman–Crippen LogP) is 2.52. The minimum absolute atomic E-state index is 0.0856. The molecule has 2 bridgehead atoms. The van der Waals surface area contributed by atoms with Crippen molar-refractivity contribution in [3.63, 3.8) is 0 Å². The van der Waals surface area contributed by atoms with Gasteiger partial charge in [0.15, 0.2) is 0 Å². The topological polar surface area (TPSA) is 44.5 Å². The average molecular weight is 251 g/mol. The fraction of sp³-hybridized carbons (Fsp3) is 1.00. The first-order valence-electron chi connectivity index (χ1n) is 7.80. The molecule has 1 aliphatic carbocycles. The van der Waals surface area contributed by atoms with Crippen molar-refractivity contribution in [3.8, 4) is 0 Å². The standard InChI is InChI=1S/C15H25NO2/c16-15(9-11-3-4-13(15)17-11)10-12-5-8-14(18-12)6-1-2-7-14/h11-13H,1-10,16H2. The summed E-state index contributed by atoms with van der Waals surface area (Å²) in [5.41, 5.74) is 6.77. The summed E-state index contributed by atoms with van der Waals surface area (Å²) in [7, 11) is 0. The quantitative estimate of drug-likeness (QED) is 0.820. The normalized spacial score (nSPS) is 49.5. The minimum Gasteiger partial charge on any atom is -0.373 e. The highest BCUT2D eigenvalue weighted by Gasteiger charge is 2.52. The maximum atomic E-state index is 6.61. The third-order valence-corrected chi connectivity index (χ3v) is 5.82. The zero-order valence-electron chi connectivity index (χ0n) is 11.2. The van der Waals surface area contributed by atoms with Crippen LogP contribution in [0.4, 0.5) is 0 Å². The van der Waals surface area contributed by atoms with Gasteiger partial charge in [-0.3, -0.25) is 0 Å². The molecule has 2 N–H and O–H groups in total. The second-order valence-corrected chi connectivity index (χ2v) is 7.13. The molecule has 3 nitrogen and oxygen atoms in total. The van der Waals surface area contributed by atoms with Crippen molar-refractivity contribution >= 4 is 0 Å². The third-order valence-electron chi connectivity index (χ3n) is 5.82. The van der Waals surface area contributed by atoms with E-state index in [1.54, 1.807) is 0 Å². The molecule has 0 radical (unpaired) electrons. The van der Waals surface area contributed by atoms with Crippen LogP contribution in [-0.4, -0.2) is 29.5 Å². The summed E-state index contributed by atoms with van der Waals surface area (Å²) in [4.78, 5) is 0. The second-order valence-electron chi connectivity index (χ2n) is 7.13. The van der Waals surface area contributed by atoms with Gasteiger partial charge in [-0.05, 0) is 51.4 Å². The molecule has 3 heterocycles. The van der Waals surface area contributed by atoms with E-state index in [4.69, 9.17) is 15.2 Å². The second kappa shape index (κ2) is 3.94. The van der Waals surface area contributed by atoms with Crippen LogP contribution in [0.25, 0.3) is 0 Å². The van der Waals surface area contributed by atoms with Crippen molar-refractivity contribution in [1.82, 2.24) is 0 Å². The van der Waals surface area contributed by atoms with Crippen LogP contribution in [0.1, 0.15) is 64.2 Å². The van der Waals surface area contributed by atoms with Crippen molar-refractivity contribution in [3.05, 3.63) is 0 Å². The van der Waals surface area contributed by atoms with Crippen molar-refractivity contribution in [2.75, 3.05) is 0 Å². The van der Waals surface area contributed by atoms with Gasteiger partial charge >= 0.3 is 0 Å². The first-order chi connectivity index (χ1) is 8.68. The molecule has 4 rings (SSSR count). The average Bonchev–Trinajstić information content (AvgIpc) is 3.05. The van der Waals surface area contributed by atoms with Gasteiger partial charge in [0.25, 0.3) is 0 Å². The maximum Gasteiger partial charge on any atom is 0.0761 e. The Labute approximate surface area is 109 Å². The van der Waals surface area contributed by atoms with E-state index < -0.39 is 0 Å². The van der Waals surface area contributed by atoms with Gasteiger partial charge in [0, 0.05) is 5.54 Å². The van der Waals surface area contributed by atoms with Crippen LogP contribution in [0.5, 0.6) is 0 Å².